The van der Waals surface area contributed by atoms with E-state index in [1.807, 2.05) is 13.8 Å². The summed E-state index contributed by atoms with van der Waals surface area (Å²) < 4.78 is 26.2. The van der Waals surface area contributed by atoms with Crippen LogP contribution in [0.3, 0.4) is 0 Å². The number of halogens is 2. The largest absolute Gasteiger partial charge is 0.393 e. The molecule has 78 valence electrons. The molecular formula is C10H18F2O. The van der Waals surface area contributed by atoms with Crippen LogP contribution in [0.5, 0.6) is 0 Å². The summed E-state index contributed by atoms with van der Waals surface area (Å²) in [5, 5.41) is 9.49. The Morgan fingerprint density at radius 3 is 2.46 bits per heavy atom. The number of aliphatic hydroxyl groups excluding tert-OH is 1. The third-order valence-electron chi connectivity index (χ3n) is 2.96. The topological polar surface area (TPSA) is 20.2 Å². The van der Waals surface area contributed by atoms with Crippen LogP contribution in [0.4, 0.5) is 8.78 Å². The van der Waals surface area contributed by atoms with E-state index in [0.717, 1.165) is 0 Å². The summed E-state index contributed by atoms with van der Waals surface area (Å²) in [6.45, 7) is 3.72. The summed E-state index contributed by atoms with van der Waals surface area (Å²) in [5.41, 5.74) is 0. The zero-order valence-corrected chi connectivity index (χ0v) is 8.26. The molecule has 0 aromatic heterocycles. The smallest absolute Gasteiger partial charge is 0.251 e. The Morgan fingerprint density at radius 1 is 1.46 bits per heavy atom. The van der Waals surface area contributed by atoms with Crippen molar-refractivity contribution in [2.75, 3.05) is 0 Å². The van der Waals surface area contributed by atoms with E-state index in [9.17, 15) is 13.9 Å². The van der Waals surface area contributed by atoms with Crippen LogP contribution in [-0.2, 0) is 0 Å². The molecule has 0 spiro atoms. The van der Waals surface area contributed by atoms with Gasteiger partial charge in [0.15, 0.2) is 0 Å². The minimum Gasteiger partial charge on any atom is -0.393 e. The van der Waals surface area contributed by atoms with E-state index in [4.69, 9.17) is 0 Å². The molecule has 13 heavy (non-hydrogen) atoms. The highest BCUT2D eigenvalue weighted by molar-refractivity contribution is 4.86. The van der Waals surface area contributed by atoms with Crippen LogP contribution in [-0.4, -0.2) is 17.1 Å². The van der Waals surface area contributed by atoms with Crippen molar-refractivity contribution in [3.05, 3.63) is 0 Å². The Labute approximate surface area is 78.1 Å². The molecule has 0 amide bonds. The van der Waals surface area contributed by atoms with Crippen LogP contribution in [0.25, 0.3) is 0 Å². The summed E-state index contributed by atoms with van der Waals surface area (Å²) >= 11 is 0. The van der Waals surface area contributed by atoms with Crippen molar-refractivity contribution in [3.63, 3.8) is 0 Å². The first-order valence-electron chi connectivity index (χ1n) is 4.99. The van der Waals surface area contributed by atoms with Crippen LogP contribution < -0.4 is 0 Å². The molecule has 1 nitrogen and oxygen atoms in total. The van der Waals surface area contributed by atoms with E-state index in [0.29, 0.717) is 12.8 Å². The van der Waals surface area contributed by atoms with Crippen LogP contribution in [0.15, 0.2) is 0 Å². The van der Waals surface area contributed by atoms with Gasteiger partial charge in [-0.2, -0.15) is 0 Å². The lowest BCUT2D eigenvalue weighted by atomic mass is 9.92. The molecule has 3 heteroatoms. The molecule has 1 aliphatic carbocycles. The molecule has 0 aromatic carbocycles. The first-order chi connectivity index (χ1) is 5.93. The van der Waals surface area contributed by atoms with Crippen LogP contribution in [0.2, 0.25) is 0 Å². The summed E-state index contributed by atoms with van der Waals surface area (Å²) in [4.78, 5) is 0. The quantitative estimate of drug-likeness (QED) is 0.729. The van der Waals surface area contributed by atoms with Crippen molar-refractivity contribution in [1.82, 2.24) is 0 Å². The van der Waals surface area contributed by atoms with Gasteiger partial charge < -0.3 is 5.11 Å². The molecule has 1 rings (SSSR count). The number of hydrogen-bond donors (Lipinski definition) is 1. The molecule has 2 atom stereocenters. The third-order valence-corrected chi connectivity index (χ3v) is 2.96. The highest BCUT2D eigenvalue weighted by Gasteiger charge is 2.44. The fourth-order valence-electron chi connectivity index (χ4n) is 1.85. The van der Waals surface area contributed by atoms with E-state index >= 15 is 0 Å². The minimum atomic E-state index is -2.53. The number of alkyl halides is 2. The molecule has 2 unspecified atom stereocenters. The van der Waals surface area contributed by atoms with Gasteiger partial charge in [0, 0.05) is 12.3 Å². The zero-order valence-electron chi connectivity index (χ0n) is 8.26. The fraction of sp³-hybridized carbons (Fsp3) is 1.00. The number of aliphatic hydroxyl groups is 1. The lowest BCUT2D eigenvalue weighted by Crippen LogP contribution is -2.28. The second-order valence-corrected chi connectivity index (χ2v) is 4.40. The Kier molecular flexibility index (Phi) is 3.28. The molecular weight excluding hydrogens is 174 g/mol. The molecule has 0 bridgehead atoms. The highest BCUT2D eigenvalue weighted by Crippen LogP contribution is 2.43. The van der Waals surface area contributed by atoms with Gasteiger partial charge in [-0.05, 0) is 25.2 Å². The first-order valence-corrected chi connectivity index (χ1v) is 4.99. The Hall–Kier alpha value is -0.180. The van der Waals surface area contributed by atoms with Gasteiger partial charge in [-0.1, -0.05) is 13.8 Å². The van der Waals surface area contributed by atoms with Crippen molar-refractivity contribution in [1.29, 1.82) is 0 Å². The maximum Gasteiger partial charge on any atom is 0.251 e. The van der Waals surface area contributed by atoms with E-state index in [1.54, 1.807) is 0 Å². The second kappa shape index (κ2) is 3.91. The summed E-state index contributed by atoms with van der Waals surface area (Å²) in [7, 11) is 0. The summed E-state index contributed by atoms with van der Waals surface area (Å²) in [6, 6.07) is 0. The van der Waals surface area contributed by atoms with E-state index in [2.05, 4.69) is 0 Å². The molecule has 0 aliphatic heterocycles. The summed E-state index contributed by atoms with van der Waals surface area (Å²) in [6.07, 6.45) is 0.848. The van der Waals surface area contributed by atoms with Gasteiger partial charge in [0.05, 0.1) is 6.10 Å². The van der Waals surface area contributed by atoms with Gasteiger partial charge in [0.2, 0.25) is 0 Å². The molecule has 0 radical (unpaired) electrons. The Balaban J connectivity index is 2.45. The van der Waals surface area contributed by atoms with Crippen molar-refractivity contribution < 1.29 is 13.9 Å². The lowest BCUT2D eigenvalue weighted by Gasteiger charge is -2.23. The SMILES string of the molecule is CC(C)C(O)CC1CCCC1(F)F. The van der Waals surface area contributed by atoms with Gasteiger partial charge in [-0.15, -0.1) is 0 Å². The van der Waals surface area contributed by atoms with Gasteiger partial charge in [0.25, 0.3) is 5.92 Å². The first kappa shape index (κ1) is 10.9. The highest BCUT2D eigenvalue weighted by atomic mass is 19.3. The van der Waals surface area contributed by atoms with Gasteiger partial charge in [0.1, 0.15) is 0 Å². The predicted octanol–water partition coefficient (Wildman–Crippen LogP) is 2.83. The predicted molar refractivity (Wildman–Crippen MR) is 47.7 cm³/mol. The van der Waals surface area contributed by atoms with Crippen molar-refractivity contribution in [2.45, 2.75) is 51.6 Å². The molecule has 1 saturated carbocycles. The average molecular weight is 192 g/mol. The monoisotopic (exact) mass is 192 g/mol. The normalized spacial score (nSPS) is 29.5. The summed E-state index contributed by atoms with van der Waals surface area (Å²) in [5.74, 6) is -3.04. The molecule has 1 aliphatic rings. The molecule has 0 saturated heterocycles. The zero-order chi connectivity index (χ0) is 10.1. The second-order valence-electron chi connectivity index (χ2n) is 4.40. The third kappa shape index (κ3) is 2.63. The van der Waals surface area contributed by atoms with Gasteiger partial charge in [-0.3, -0.25) is 0 Å². The molecule has 0 aromatic rings. The van der Waals surface area contributed by atoms with E-state index < -0.39 is 17.9 Å². The standard InChI is InChI=1S/C10H18F2O/c1-7(2)9(13)6-8-4-3-5-10(8,11)12/h7-9,13H,3-6H2,1-2H3. The molecule has 0 heterocycles. The number of rotatable bonds is 3. The number of hydrogen-bond acceptors (Lipinski definition) is 1. The molecule has 1 fully saturated rings. The van der Waals surface area contributed by atoms with Crippen LogP contribution in [0.1, 0.15) is 39.5 Å². The van der Waals surface area contributed by atoms with E-state index in [1.165, 1.54) is 0 Å². The van der Waals surface area contributed by atoms with Crippen molar-refractivity contribution >= 4 is 0 Å². The van der Waals surface area contributed by atoms with Gasteiger partial charge >= 0.3 is 0 Å². The van der Waals surface area contributed by atoms with Gasteiger partial charge in [-0.25, -0.2) is 8.78 Å². The van der Waals surface area contributed by atoms with E-state index in [-0.39, 0.29) is 18.8 Å². The maximum absolute atomic E-state index is 13.1. The molecule has 1 N–H and O–H groups in total. The van der Waals surface area contributed by atoms with Crippen LogP contribution in [0, 0.1) is 11.8 Å². The Bertz CT molecular complexity index is 168. The maximum atomic E-state index is 13.1. The van der Waals surface area contributed by atoms with Crippen molar-refractivity contribution in [2.24, 2.45) is 11.8 Å². The van der Waals surface area contributed by atoms with Crippen LogP contribution >= 0.6 is 0 Å². The lowest BCUT2D eigenvalue weighted by molar-refractivity contribution is -0.0566. The van der Waals surface area contributed by atoms with Crippen molar-refractivity contribution in [3.8, 4) is 0 Å². The minimum absolute atomic E-state index is 0.00246. The Morgan fingerprint density at radius 2 is 2.08 bits per heavy atom. The fourth-order valence-corrected chi connectivity index (χ4v) is 1.85. The average Bonchev–Trinajstić information content (AvgIpc) is 2.30.